The average Bonchev–Trinajstić information content (AvgIpc) is 3.21. The van der Waals surface area contributed by atoms with Crippen LogP contribution in [0.2, 0.25) is 0 Å². The van der Waals surface area contributed by atoms with Gasteiger partial charge in [-0.15, -0.1) is 0 Å². The van der Waals surface area contributed by atoms with Crippen LogP contribution in [0.5, 0.6) is 0 Å². The predicted octanol–water partition coefficient (Wildman–Crippen LogP) is 10.7. The van der Waals surface area contributed by atoms with E-state index >= 15 is 0 Å². The number of amides is 1. The molecule has 55 heavy (non-hydrogen) atoms. The zero-order valence-electron chi connectivity index (χ0n) is 33.7. The molecule has 3 N–H and O–H groups in total. The lowest BCUT2D eigenvalue weighted by Gasteiger charge is -2.38. The van der Waals surface area contributed by atoms with Gasteiger partial charge in [0.05, 0.1) is 18.8 Å². The zero-order chi connectivity index (χ0) is 39.1. The summed E-state index contributed by atoms with van der Waals surface area (Å²) in [5, 5.41) is 21.5. The van der Waals surface area contributed by atoms with Gasteiger partial charge in [0.15, 0.2) is 6.29 Å². The van der Waals surface area contributed by atoms with Gasteiger partial charge in [0, 0.05) is 37.9 Å². The molecule has 8 nitrogen and oxygen atoms in total. The maximum Gasteiger partial charge on any atom is 0.303 e. The lowest BCUT2D eigenvalue weighted by Crippen LogP contribution is -2.40. The molecule has 3 aromatic rings. The van der Waals surface area contributed by atoms with Crippen LogP contribution in [0.1, 0.15) is 158 Å². The molecule has 0 radical (unpaired) electrons. The Morgan fingerprint density at radius 3 is 1.96 bits per heavy atom. The van der Waals surface area contributed by atoms with Crippen molar-refractivity contribution >= 4 is 11.9 Å². The number of carbonyl (C=O) groups excluding carboxylic acids is 1. The molecular formula is C47H68N2O6. The van der Waals surface area contributed by atoms with Crippen LogP contribution in [0.4, 0.5) is 0 Å². The molecule has 0 aliphatic carbocycles. The standard InChI is InChI=1S/C47H68N2O6/c1-3-5-7-9-11-15-29-49(30-16-12-10-8-6-4-2)35-43-33-44(39-27-25-37(36-50)26-28-39)55-47(54-43)42-22-18-21-41(32-42)40-20-17-19-38(31-40)34-48-45(51)23-13-14-24-46(52)53/h17-22,25-28,31-32,43-44,47,50H,3-16,23-24,29-30,33-36H2,1-2H3,(H,48,51)(H,52,53)/t43-,44+,47+/m0/s1. The van der Waals surface area contributed by atoms with E-state index in [2.05, 4.69) is 72.6 Å². The number of hydrogen-bond acceptors (Lipinski definition) is 6. The van der Waals surface area contributed by atoms with Crippen LogP contribution in [0.25, 0.3) is 11.1 Å². The topological polar surface area (TPSA) is 108 Å². The number of unbranched alkanes of at least 4 members (excludes halogenated alkanes) is 11. The molecule has 1 saturated heterocycles. The summed E-state index contributed by atoms with van der Waals surface area (Å²) in [6.07, 6.45) is 17.0. The molecule has 0 aromatic heterocycles. The minimum absolute atomic E-state index is 0.00109. The van der Waals surface area contributed by atoms with Gasteiger partial charge in [-0.05, 0) is 78.7 Å². The minimum Gasteiger partial charge on any atom is -0.481 e. The molecular weight excluding hydrogens is 689 g/mol. The van der Waals surface area contributed by atoms with Crippen molar-refractivity contribution in [2.45, 2.75) is 155 Å². The number of carboxylic acids is 1. The van der Waals surface area contributed by atoms with E-state index in [-0.39, 0.29) is 31.1 Å². The molecule has 1 amide bonds. The van der Waals surface area contributed by atoms with E-state index in [1.165, 1.54) is 77.0 Å². The zero-order valence-corrected chi connectivity index (χ0v) is 33.7. The Hall–Kier alpha value is -3.56. The number of nitrogens with one attached hydrogen (secondary N) is 1. The molecule has 0 unspecified atom stereocenters. The van der Waals surface area contributed by atoms with Gasteiger partial charge in [0.25, 0.3) is 0 Å². The summed E-state index contributed by atoms with van der Waals surface area (Å²) in [6, 6.07) is 24.7. The van der Waals surface area contributed by atoms with E-state index < -0.39 is 12.3 Å². The second-order valence-corrected chi connectivity index (χ2v) is 15.4. The van der Waals surface area contributed by atoms with E-state index in [9.17, 15) is 14.7 Å². The quantitative estimate of drug-likeness (QED) is 0.0665. The first-order valence-corrected chi connectivity index (χ1v) is 21.3. The number of carboxylic acid groups (broad SMARTS) is 1. The maximum absolute atomic E-state index is 12.4. The normalized spacial score (nSPS) is 17.1. The van der Waals surface area contributed by atoms with Crippen molar-refractivity contribution in [3.05, 3.63) is 95.1 Å². The van der Waals surface area contributed by atoms with E-state index in [0.29, 0.717) is 25.8 Å². The third-order valence-electron chi connectivity index (χ3n) is 10.7. The number of nitrogens with zero attached hydrogens (tertiary/aromatic N) is 1. The summed E-state index contributed by atoms with van der Waals surface area (Å²) in [4.78, 5) is 25.8. The summed E-state index contributed by atoms with van der Waals surface area (Å²) in [7, 11) is 0. The number of rotatable bonds is 27. The van der Waals surface area contributed by atoms with Crippen LogP contribution < -0.4 is 5.32 Å². The first-order valence-electron chi connectivity index (χ1n) is 21.3. The predicted molar refractivity (Wildman–Crippen MR) is 221 cm³/mol. The van der Waals surface area contributed by atoms with E-state index in [1.54, 1.807) is 0 Å². The fourth-order valence-electron chi connectivity index (χ4n) is 7.42. The van der Waals surface area contributed by atoms with E-state index in [1.807, 2.05) is 24.3 Å². The molecule has 0 bridgehead atoms. The average molecular weight is 757 g/mol. The van der Waals surface area contributed by atoms with Gasteiger partial charge >= 0.3 is 5.97 Å². The van der Waals surface area contributed by atoms with E-state index in [0.717, 1.165) is 59.4 Å². The van der Waals surface area contributed by atoms with Gasteiger partial charge in [-0.3, -0.25) is 9.59 Å². The number of aliphatic carboxylic acids is 1. The van der Waals surface area contributed by atoms with Crippen molar-refractivity contribution in [2.24, 2.45) is 0 Å². The minimum atomic E-state index is -0.833. The Balaban J connectivity index is 1.47. The Kier molecular flexibility index (Phi) is 20.5. The third-order valence-corrected chi connectivity index (χ3v) is 10.7. The van der Waals surface area contributed by atoms with Gasteiger partial charge in [0.2, 0.25) is 5.91 Å². The fraction of sp³-hybridized carbons (Fsp3) is 0.574. The van der Waals surface area contributed by atoms with Crippen molar-refractivity contribution in [2.75, 3.05) is 19.6 Å². The Morgan fingerprint density at radius 1 is 0.691 bits per heavy atom. The van der Waals surface area contributed by atoms with Crippen LogP contribution in [0.15, 0.2) is 72.8 Å². The molecule has 3 atom stereocenters. The highest BCUT2D eigenvalue weighted by atomic mass is 16.7. The molecule has 8 heteroatoms. The highest BCUT2D eigenvalue weighted by Crippen LogP contribution is 2.39. The molecule has 4 rings (SSSR count). The molecule has 1 fully saturated rings. The van der Waals surface area contributed by atoms with Crippen molar-refractivity contribution in [3.8, 4) is 11.1 Å². The highest BCUT2D eigenvalue weighted by molar-refractivity contribution is 5.76. The number of carbonyl (C=O) groups is 2. The first-order chi connectivity index (χ1) is 26.9. The first kappa shape index (κ1) is 44.2. The largest absolute Gasteiger partial charge is 0.481 e. The van der Waals surface area contributed by atoms with Crippen molar-refractivity contribution in [3.63, 3.8) is 0 Å². The SMILES string of the molecule is CCCCCCCCN(CCCCCCCC)C[C@@H]1C[C@H](c2ccc(CO)cc2)O[C@H](c2cccc(-c3cccc(CNC(=O)CCCCC(=O)O)c3)c2)O1. The monoisotopic (exact) mass is 757 g/mol. The maximum atomic E-state index is 12.4. The summed E-state index contributed by atoms with van der Waals surface area (Å²) in [5.74, 6) is -0.905. The number of aliphatic hydroxyl groups is 1. The molecule has 1 heterocycles. The van der Waals surface area contributed by atoms with Crippen LogP contribution in [0, 0.1) is 0 Å². The Bertz CT molecular complexity index is 1510. The van der Waals surface area contributed by atoms with Crippen molar-refractivity contribution < 1.29 is 29.3 Å². The summed E-state index contributed by atoms with van der Waals surface area (Å²) in [6.45, 7) is 8.04. The van der Waals surface area contributed by atoms with Crippen molar-refractivity contribution in [1.29, 1.82) is 0 Å². The molecule has 1 aliphatic heterocycles. The summed E-state index contributed by atoms with van der Waals surface area (Å²) >= 11 is 0. The highest BCUT2D eigenvalue weighted by Gasteiger charge is 2.33. The summed E-state index contributed by atoms with van der Waals surface area (Å²) in [5.41, 5.74) is 6.04. The van der Waals surface area contributed by atoms with Crippen LogP contribution >= 0.6 is 0 Å². The van der Waals surface area contributed by atoms with Gasteiger partial charge in [-0.2, -0.15) is 0 Å². The Morgan fingerprint density at radius 2 is 1.31 bits per heavy atom. The molecule has 302 valence electrons. The number of ether oxygens (including phenoxy) is 2. The molecule has 0 spiro atoms. The third kappa shape index (κ3) is 16.6. The Labute approximate surface area is 331 Å². The van der Waals surface area contributed by atoms with Crippen molar-refractivity contribution in [1.82, 2.24) is 10.2 Å². The fourth-order valence-corrected chi connectivity index (χ4v) is 7.42. The van der Waals surface area contributed by atoms with Crippen LogP contribution in [-0.2, 0) is 32.2 Å². The van der Waals surface area contributed by atoms with Gasteiger partial charge in [-0.25, -0.2) is 0 Å². The summed E-state index contributed by atoms with van der Waals surface area (Å²) < 4.78 is 13.6. The number of aliphatic hydroxyl groups excluding tert-OH is 1. The second-order valence-electron chi connectivity index (χ2n) is 15.4. The van der Waals surface area contributed by atoms with Crippen LogP contribution in [0.3, 0.4) is 0 Å². The number of hydrogen-bond donors (Lipinski definition) is 3. The van der Waals surface area contributed by atoms with E-state index in [4.69, 9.17) is 14.6 Å². The molecule has 1 aliphatic rings. The lowest BCUT2D eigenvalue weighted by atomic mass is 9.98. The lowest BCUT2D eigenvalue weighted by molar-refractivity contribution is -0.253. The smallest absolute Gasteiger partial charge is 0.303 e. The second kappa shape index (κ2) is 25.6. The van der Waals surface area contributed by atoms with Crippen LogP contribution in [-0.4, -0.2) is 52.7 Å². The van der Waals surface area contributed by atoms with Gasteiger partial charge in [0.1, 0.15) is 0 Å². The number of benzene rings is 3. The molecule has 3 aromatic carbocycles. The molecule has 0 saturated carbocycles. The van der Waals surface area contributed by atoms with Gasteiger partial charge < -0.3 is 29.9 Å². The van der Waals surface area contributed by atoms with Gasteiger partial charge in [-0.1, -0.05) is 139 Å².